The molecule has 0 aliphatic rings. The van der Waals surface area contributed by atoms with E-state index in [4.69, 9.17) is 16.3 Å². The molecular weight excluding hydrogens is 336 g/mol. The molecule has 23 heavy (non-hydrogen) atoms. The van der Waals surface area contributed by atoms with Crippen molar-refractivity contribution in [2.24, 2.45) is 0 Å². The van der Waals surface area contributed by atoms with E-state index >= 15 is 0 Å². The van der Waals surface area contributed by atoms with E-state index in [1.54, 1.807) is 43.6 Å². The van der Waals surface area contributed by atoms with Gasteiger partial charge in [0.1, 0.15) is 20.8 Å². The van der Waals surface area contributed by atoms with Gasteiger partial charge in [0.05, 0.1) is 17.8 Å². The van der Waals surface area contributed by atoms with Crippen molar-refractivity contribution in [2.75, 3.05) is 7.11 Å². The predicted octanol–water partition coefficient (Wildman–Crippen LogP) is 3.05. The number of benzene rings is 1. The van der Waals surface area contributed by atoms with Crippen molar-refractivity contribution in [2.45, 2.75) is 0 Å². The van der Waals surface area contributed by atoms with E-state index in [-0.39, 0.29) is 5.56 Å². The van der Waals surface area contributed by atoms with Crippen LogP contribution in [0.5, 0.6) is 5.75 Å². The van der Waals surface area contributed by atoms with Gasteiger partial charge in [0.15, 0.2) is 0 Å². The van der Waals surface area contributed by atoms with E-state index in [2.05, 4.69) is 15.3 Å². The molecule has 4 aromatic rings. The summed E-state index contributed by atoms with van der Waals surface area (Å²) in [6, 6.07) is 8.78. The lowest BCUT2D eigenvalue weighted by atomic mass is 10.3. The van der Waals surface area contributed by atoms with Crippen LogP contribution in [-0.2, 0) is 0 Å². The summed E-state index contributed by atoms with van der Waals surface area (Å²) in [4.78, 5) is 17.7. The Kier molecular flexibility index (Phi) is 3.24. The summed E-state index contributed by atoms with van der Waals surface area (Å²) in [7, 11) is 1.59. The van der Waals surface area contributed by atoms with Crippen molar-refractivity contribution < 1.29 is 4.74 Å². The van der Waals surface area contributed by atoms with Gasteiger partial charge in [-0.2, -0.15) is 4.68 Å². The molecule has 0 spiro atoms. The molecule has 1 aromatic carbocycles. The van der Waals surface area contributed by atoms with Crippen LogP contribution >= 0.6 is 22.9 Å². The number of fused-ring (bicyclic) bond motifs is 3. The molecule has 0 aliphatic carbocycles. The zero-order valence-corrected chi connectivity index (χ0v) is 13.4. The molecule has 0 bridgehead atoms. The lowest BCUT2D eigenvalue weighted by Crippen LogP contribution is -2.21. The third kappa shape index (κ3) is 2.25. The van der Waals surface area contributed by atoms with E-state index in [9.17, 15) is 4.79 Å². The minimum atomic E-state index is -0.237. The number of thiophene rings is 1. The van der Waals surface area contributed by atoms with Gasteiger partial charge < -0.3 is 4.74 Å². The summed E-state index contributed by atoms with van der Waals surface area (Å²) in [6.07, 6.45) is 1.55. The van der Waals surface area contributed by atoms with Gasteiger partial charge in [-0.1, -0.05) is 16.8 Å². The first-order valence-electron chi connectivity index (χ1n) is 6.65. The molecule has 4 rings (SSSR count). The third-order valence-corrected chi connectivity index (χ3v) is 4.72. The number of hydrogen-bond acceptors (Lipinski definition) is 6. The lowest BCUT2D eigenvalue weighted by molar-refractivity contribution is 0.414. The molecule has 0 saturated carbocycles. The minimum absolute atomic E-state index is 0.237. The normalized spacial score (nSPS) is 11.2. The number of hydrogen-bond donors (Lipinski definition) is 0. The lowest BCUT2D eigenvalue weighted by Gasteiger charge is -2.04. The molecule has 6 nitrogen and oxygen atoms in total. The topological polar surface area (TPSA) is 69.9 Å². The molecule has 114 valence electrons. The summed E-state index contributed by atoms with van der Waals surface area (Å²) in [5.74, 6) is 0.705. The highest BCUT2D eigenvalue weighted by molar-refractivity contribution is 7.25. The molecule has 8 heteroatoms. The maximum absolute atomic E-state index is 12.7. The van der Waals surface area contributed by atoms with E-state index in [1.807, 2.05) is 0 Å². The van der Waals surface area contributed by atoms with Crippen LogP contribution in [0.25, 0.3) is 26.1 Å². The summed E-state index contributed by atoms with van der Waals surface area (Å²) >= 11 is 7.25. The van der Waals surface area contributed by atoms with Crippen molar-refractivity contribution in [3.05, 3.63) is 51.9 Å². The predicted molar refractivity (Wildman–Crippen MR) is 89.9 cm³/mol. The Labute approximate surface area is 138 Å². The first kappa shape index (κ1) is 14.1. The van der Waals surface area contributed by atoms with Crippen LogP contribution in [0.4, 0.5) is 0 Å². The second-order valence-corrected chi connectivity index (χ2v) is 6.23. The number of halogens is 1. The summed E-state index contributed by atoms with van der Waals surface area (Å²) < 4.78 is 6.88. The van der Waals surface area contributed by atoms with Crippen molar-refractivity contribution in [3.63, 3.8) is 0 Å². The monoisotopic (exact) mass is 344 g/mol. The van der Waals surface area contributed by atoms with Crippen LogP contribution in [0.3, 0.4) is 0 Å². The van der Waals surface area contributed by atoms with Crippen molar-refractivity contribution in [3.8, 4) is 11.4 Å². The molecule has 0 radical (unpaired) electrons. The number of ether oxygens (including phenoxy) is 1. The number of pyridine rings is 1. The van der Waals surface area contributed by atoms with Gasteiger partial charge in [-0.15, -0.1) is 16.4 Å². The summed E-state index contributed by atoms with van der Waals surface area (Å²) in [6.45, 7) is 0. The quantitative estimate of drug-likeness (QED) is 0.559. The standard InChI is InChI=1S/C15H9ClN4O2S/c1-22-10-4-2-9(3-5-10)20-15(21)13-12(18-19-20)11-6-8(16)7-17-14(11)23-13/h2-7H,1H3. The molecule has 0 atom stereocenters. The van der Waals surface area contributed by atoms with E-state index in [0.717, 1.165) is 5.39 Å². The van der Waals surface area contributed by atoms with E-state index < -0.39 is 0 Å². The summed E-state index contributed by atoms with van der Waals surface area (Å²) in [5.41, 5.74) is 0.905. The average molecular weight is 345 g/mol. The molecule has 0 saturated heterocycles. The van der Waals surface area contributed by atoms with Gasteiger partial charge in [-0.25, -0.2) is 4.98 Å². The first-order valence-corrected chi connectivity index (χ1v) is 7.85. The Morgan fingerprint density at radius 3 is 2.78 bits per heavy atom. The maximum atomic E-state index is 12.7. The maximum Gasteiger partial charge on any atom is 0.292 e. The fourth-order valence-electron chi connectivity index (χ4n) is 2.31. The zero-order chi connectivity index (χ0) is 16.0. The Morgan fingerprint density at radius 1 is 1.26 bits per heavy atom. The van der Waals surface area contributed by atoms with Gasteiger partial charge in [-0.3, -0.25) is 4.79 Å². The zero-order valence-electron chi connectivity index (χ0n) is 11.9. The second-order valence-electron chi connectivity index (χ2n) is 4.79. The molecule has 0 amide bonds. The summed E-state index contributed by atoms with van der Waals surface area (Å²) in [5, 5.41) is 9.46. The van der Waals surface area contributed by atoms with Crippen molar-refractivity contribution in [1.82, 2.24) is 20.0 Å². The first-order chi connectivity index (χ1) is 11.2. The second kappa shape index (κ2) is 5.29. The third-order valence-electron chi connectivity index (χ3n) is 3.42. The smallest absolute Gasteiger partial charge is 0.292 e. The minimum Gasteiger partial charge on any atom is -0.497 e. The van der Waals surface area contributed by atoms with Gasteiger partial charge in [0, 0.05) is 11.6 Å². The van der Waals surface area contributed by atoms with Crippen LogP contribution < -0.4 is 10.3 Å². The highest BCUT2D eigenvalue weighted by Crippen LogP contribution is 2.30. The Balaban J connectivity index is 1.97. The van der Waals surface area contributed by atoms with Gasteiger partial charge >= 0.3 is 0 Å². The van der Waals surface area contributed by atoms with Crippen LogP contribution in [0.15, 0.2) is 41.3 Å². The van der Waals surface area contributed by atoms with Gasteiger partial charge in [-0.05, 0) is 30.3 Å². The molecule has 3 aromatic heterocycles. The molecular formula is C15H9ClN4O2S. The molecule has 0 unspecified atom stereocenters. The van der Waals surface area contributed by atoms with Crippen LogP contribution in [-0.4, -0.2) is 27.1 Å². The average Bonchev–Trinajstić information content (AvgIpc) is 2.94. The number of aromatic nitrogens is 4. The van der Waals surface area contributed by atoms with Crippen molar-refractivity contribution >= 4 is 43.4 Å². The molecule has 0 fully saturated rings. The molecule has 3 heterocycles. The fourth-order valence-corrected chi connectivity index (χ4v) is 3.45. The fraction of sp³-hybridized carbons (Fsp3) is 0.0667. The highest BCUT2D eigenvalue weighted by atomic mass is 35.5. The highest BCUT2D eigenvalue weighted by Gasteiger charge is 2.14. The Bertz CT molecular complexity index is 1090. The number of rotatable bonds is 2. The van der Waals surface area contributed by atoms with Gasteiger partial charge in [0.25, 0.3) is 5.56 Å². The van der Waals surface area contributed by atoms with Crippen molar-refractivity contribution in [1.29, 1.82) is 0 Å². The Morgan fingerprint density at radius 2 is 2.04 bits per heavy atom. The molecule has 0 N–H and O–H groups in total. The Hall–Kier alpha value is -2.51. The largest absolute Gasteiger partial charge is 0.497 e. The SMILES string of the molecule is COc1ccc(-n2nnc3c(sc4ncc(Cl)cc43)c2=O)cc1. The number of methoxy groups -OCH3 is 1. The van der Waals surface area contributed by atoms with E-state index in [0.29, 0.717) is 31.5 Å². The van der Waals surface area contributed by atoms with Gasteiger partial charge in [0.2, 0.25) is 0 Å². The van der Waals surface area contributed by atoms with Crippen LogP contribution in [0, 0.1) is 0 Å². The number of nitrogens with zero attached hydrogens (tertiary/aromatic N) is 4. The van der Waals surface area contributed by atoms with E-state index in [1.165, 1.54) is 16.0 Å². The van der Waals surface area contributed by atoms with Crippen LogP contribution in [0.2, 0.25) is 5.02 Å². The van der Waals surface area contributed by atoms with Crippen LogP contribution in [0.1, 0.15) is 0 Å². The molecule has 0 aliphatic heterocycles.